The average Bonchev–Trinajstić information content (AvgIpc) is 3.18. The molecule has 0 spiro atoms. The monoisotopic (exact) mass is 443 g/mol. The highest BCUT2D eigenvalue weighted by Gasteiger charge is 2.23. The van der Waals surface area contributed by atoms with Crippen LogP contribution in [0, 0.1) is 22.7 Å². The lowest BCUT2D eigenvalue weighted by Gasteiger charge is -2.11. The van der Waals surface area contributed by atoms with Gasteiger partial charge in [0.2, 0.25) is 0 Å². The van der Waals surface area contributed by atoms with Gasteiger partial charge in [-0.3, -0.25) is 4.79 Å². The van der Waals surface area contributed by atoms with E-state index in [1.165, 1.54) is 17.4 Å². The zero-order valence-corrected chi connectivity index (χ0v) is 18.6. The molecule has 32 heavy (non-hydrogen) atoms. The quantitative estimate of drug-likeness (QED) is 0.431. The Morgan fingerprint density at radius 1 is 1.12 bits per heavy atom. The van der Waals surface area contributed by atoms with Crippen LogP contribution in [-0.4, -0.2) is 20.1 Å². The zero-order valence-electron chi connectivity index (χ0n) is 17.8. The largest absolute Gasteiger partial charge is 0.497 e. The molecule has 160 valence electrons. The number of fused-ring (bicyclic) bond motifs is 2. The van der Waals surface area contributed by atoms with Crippen LogP contribution in [0.1, 0.15) is 34.4 Å². The van der Waals surface area contributed by atoms with Crippen LogP contribution in [0.4, 0.5) is 5.00 Å². The van der Waals surface area contributed by atoms with Gasteiger partial charge < -0.3 is 14.8 Å². The molecule has 3 aromatic rings. The number of methoxy groups -OCH3 is 2. The summed E-state index contributed by atoms with van der Waals surface area (Å²) in [6.07, 6.45) is 5.41. The summed E-state index contributed by atoms with van der Waals surface area (Å²) in [7, 11) is 3.12. The lowest BCUT2D eigenvalue weighted by Crippen LogP contribution is -2.13. The molecule has 1 aliphatic carbocycles. The van der Waals surface area contributed by atoms with Crippen molar-refractivity contribution in [3.05, 3.63) is 57.5 Å². The fourth-order valence-corrected chi connectivity index (χ4v) is 5.23. The summed E-state index contributed by atoms with van der Waals surface area (Å²) < 4.78 is 10.8. The SMILES string of the molecule is COc1ccc2ccc(OC)c(/C=C(\C#N)C(=O)Nc3sc4c(c3C#N)CCCC4)c2c1. The van der Waals surface area contributed by atoms with E-state index in [0.717, 1.165) is 46.9 Å². The van der Waals surface area contributed by atoms with E-state index in [4.69, 9.17) is 9.47 Å². The van der Waals surface area contributed by atoms with Crippen LogP contribution >= 0.6 is 11.3 Å². The van der Waals surface area contributed by atoms with Gasteiger partial charge in [-0.2, -0.15) is 10.5 Å². The van der Waals surface area contributed by atoms with Crippen LogP contribution in [-0.2, 0) is 17.6 Å². The molecule has 0 saturated heterocycles. The molecule has 1 N–H and O–H groups in total. The van der Waals surface area contributed by atoms with Crippen LogP contribution in [0.3, 0.4) is 0 Å². The van der Waals surface area contributed by atoms with E-state index in [1.807, 2.05) is 30.3 Å². The number of hydrogen-bond acceptors (Lipinski definition) is 6. The molecule has 0 aliphatic heterocycles. The summed E-state index contributed by atoms with van der Waals surface area (Å²) in [6.45, 7) is 0. The molecule has 0 atom stereocenters. The van der Waals surface area contributed by atoms with Crippen molar-refractivity contribution >= 4 is 39.1 Å². The molecule has 0 bridgehead atoms. The Kier molecular flexibility index (Phi) is 6.11. The number of carbonyl (C=O) groups is 1. The number of carbonyl (C=O) groups excluding carboxylic acids is 1. The first-order valence-corrected chi connectivity index (χ1v) is 11.0. The summed E-state index contributed by atoms with van der Waals surface area (Å²) >= 11 is 1.43. The van der Waals surface area contributed by atoms with Gasteiger partial charge in [-0.25, -0.2) is 0 Å². The molecular formula is C25H21N3O3S. The van der Waals surface area contributed by atoms with Crippen molar-refractivity contribution in [2.24, 2.45) is 0 Å². The Bertz CT molecular complexity index is 1320. The summed E-state index contributed by atoms with van der Waals surface area (Å²) in [5.41, 5.74) is 2.09. The molecule has 2 aromatic carbocycles. The molecule has 6 nitrogen and oxygen atoms in total. The first kappa shape index (κ1) is 21.4. The Morgan fingerprint density at radius 3 is 2.62 bits per heavy atom. The maximum absolute atomic E-state index is 13.0. The number of thiophene rings is 1. The van der Waals surface area contributed by atoms with Gasteiger partial charge in [0, 0.05) is 10.4 Å². The Balaban J connectivity index is 1.75. The van der Waals surface area contributed by atoms with Crippen molar-refractivity contribution in [3.63, 3.8) is 0 Å². The maximum atomic E-state index is 13.0. The molecule has 1 heterocycles. The van der Waals surface area contributed by atoms with Gasteiger partial charge in [-0.15, -0.1) is 11.3 Å². The van der Waals surface area contributed by atoms with Crippen molar-refractivity contribution in [2.45, 2.75) is 25.7 Å². The van der Waals surface area contributed by atoms with Crippen LogP contribution < -0.4 is 14.8 Å². The van der Waals surface area contributed by atoms with Gasteiger partial charge >= 0.3 is 0 Å². The third-order valence-corrected chi connectivity index (χ3v) is 6.82. The van der Waals surface area contributed by atoms with E-state index < -0.39 is 5.91 Å². The Labute approximate surface area is 190 Å². The number of hydrogen-bond donors (Lipinski definition) is 1. The van der Waals surface area contributed by atoms with E-state index >= 15 is 0 Å². The van der Waals surface area contributed by atoms with Gasteiger partial charge in [0.05, 0.1) is 19.8 Å². The minimum Gasteiger partial charge on any atom is -0.497 e. The number of ether oxygens (including phenoxy) is 2. The predicted octanol–water partition coefficient (Wildman–Crippen LogP) is 5.21. The average molecular weight is 444 g/mol. The smallest absolute Gasteiger partial charge is 0.266 e. The normalized spacial score (nSPS) is 13.1. The standard InChI is InChI=1S/C25H21N3O3S/c1-30-17-9-7-15-8-10-22(31-2)20(19(15)12-17)11-16(13-26)24(29)28-25-21(14-27)18-5-3-4-6-23(18)32-25/h7-12H,3-6H2,1-2H3,(H,28,29)/b16-11+. The third-order valence-electron chi connectivity index (χ3n) is 5.61. The lowest BCUT2D eigenvalue weighted by atomic mass is 9.96. The van der Waals surface area contributed by atoms with E-state index in [1.54, 1.807) is 20.3 Å². The van der Waals surface area contributed by atoms with Crippen molar-refractivity contribution in [2.75, 3.05) is 19.5 Å². The number of nitrogens with zero attached hydrogens (tertiary/aromatic N) is 2. The fourth-order valence-electron chi connectivity index (χ4n) is 3.99. The second-order valence-corrected chi connectivity index (χ2v) is 8.52. The van der Waals surface area contributed by atoms with Crippen molar-refractivity contribution in [1.82, 2.24) is 0 Å². The summed E-state index contributed by atoms with van der Waals surface area (Å²) in [5, 5.41) is 24.4. The van der Waals surface area contributed by atoms with E-state index in [0.29, 0.717) is 27.6 Å². The minimum atomic E-state index is -0.551. The molecule has 7 heteroatoms. The number of anilines is 1. The van der Waals surface area contributed by atoms with Crippen LogP contribution in [0.2, 0.25) is 0 Å². The molecular weight excluding hydrogens is 422 g/mol. The summed E-state index contributed by atoms with van der Waals surface area (Å²) in [4.78, 5) is 14.2. The molecule has 1 aromatic heterocycles. The van der Waals surface area contributed by atoms with Gasteiger partial charge in [0.15, 0.2) is 0 Å². The Hall–Kier alpha value is -3.81. The van der Waals surface area contributed by atoms with Crippen LogP contribution in [0.15, 0.2) is 35.9 Å². The molecule has 0 saturated carbocycles. The summed E-state index contributed by atoms with van der Waals surface area (Å²) in [6, 6.07) is 13.5. The zero-order chi connectivity index (χ0) is 22.7. The number of nitriles is 2. The molecule has 0 fully saturated rings. The molecule has 4 rings (SSSR count). The van der Waals surface area contributed by atoms with Crippen molar-refractivity contribution in [3.8, 4) is 23.6 Å². The van der Waals surface area contributed by atoms with E-state index in [2.05, 4.69) is 11.4 Å². The predicted molar refractivity (Wildman–Crippen MR) is 125 cm³/mol. The first-order chi connectivity index (χ1) is 15.6. The number of rotatable bonds is 5. The maximum Gasteiger partial charge on any atom is 0.266 e. The molecule has 0 radical (unpaired) electrons. The fraction of sp³-hybridized carbons (Fsp3) is 0.240. The minimum absolute atomic E-state index is 0.0751. The molecule has 1 aliphatic rings. The van der Waals surface area contributed by atoms with Crippen molar-refractivity contribution < 1.29 is 14.3 Å². The highest BCUT2D eigenvalue weighted by molar-refractivity contribution is 7.16. The van der Waals surface area contributed by atoms with E-state index in [9.17, 15) is 15.3 Å². The van der Waals surface area contributed by atoms with E-state index in [-0.39, 0.29) is 5.57 Å². The van der Waals surface area contributed by atoms with Gasteiger partial charge in [0.25, 0.3) is 5.91 Å². The number of aryl methyl sites for hydroxylation is 1. The van der Waals surface area contributed by atoms with Gasteiger partial charge in [-0.1, -0.05) is 12.1 Å². The number of benzene rings is 2. The highest BCUT2D eigenvalue weighted by Crippen LogP contribution is 2.38. The van der Waals surface area contributed by atoms with Crippen LogP contribution in [0.5, 0.6) is 11.5 Å². The molecule has 0 unspecified atom stereocenters. The number of amides is 1. The summed E-state index contributed by atoms with van der Waals surface area (Å²) in [5.74, 6) is 0.645. The van der Waals surface area contributed by atoms with Crippen molar-refractivity contribution in [1.29, 1.82) is 10.5 Å². The second kappa shape index (κ2) is 9.13. The topological polar surface area (TPSA) is 95.1 Å². The Morgan fingerprint density at radius 2 is 1.91 bits per heavy atom. The highest BCUT2D eigenvalue weighted by atomic mass is 32.1. The number of nitrogens with one attached hydrogen (secondary N) is 1. The second-order valence-electron chi connectivity index (χ2n) is 7.42. The third kappa shape index (κ3) is 3.91. The first-order valence-electron chi connectivity index (χ1n) is 10.2. The van der Waals surface area contributed by atoms with Gasteiger partial charge in [-0.05, 0) is 66.3 Å². The lowest BCUT2D eigenvalue weighted by molar-refractivity contribution is -0.112. The van der Waals surface area contributed by atoms with Crippen LogP contribution in [0.25, 0.3) is 16.8 Å². The molecule has 1 amide bonds. The van der Waals surface area contributed by atoms with Gasteiger partial charge in [0.1, 0.15) is 34.2 Å².